The molecule has 1 aromatic carbocycles. The summed E-state index contributed by atoms with van der Waals surface area (Å²) in [4.78, 5) is 16.9. The summed E-state index contributed by atoms with van der Waals surface area (Å²) in [5, 5.41) is 13.3. The van der Waals surface area contributed by atoms with Crippen LogP contribution in [0.15, 0.2) is 22.6 Å². The number of fused-ring (bicyclic) bond motifs is 1. The van der Waals surface area contributed by atoms with Crippen LogP contribution in [-0.4, -0.2) is 33.1 Å². The molecule has 1 aliphatic rings. The number of nitrogens with one attached hydrogen (secondary N) is 1. The molecule has 1 aliphatic heterocycles. The van der Waals surface area contributed by atoms with Gasteiger partial charge in [0.2, 0.25) is 5.89 Å². The van der Waals surface area contributed by atoms with E-state index in [9.17, 15) is 9.90 Å². The lowest BCUT2D eigenvalue weighted by Gasteiger charge is -2.30. The first-order valence-electron chi connectivity index (χ1n) is 7.81. The quantitative estimate of drug-likeness (QED) is 0.881. The standard InChI is InChI=1S/C17H22N2O3S/c1-16(2,3)15-19-12-10-11(4-5-13(12)22-15)18-14(20)17(21)6-8-23-9-7-17/h4-5,10,21H,6-9H2,1-3H3,(H,18,20). The zero-order valence-corrected chi connectivity index (χ0v) is 14.5. The number of carbonyl (C=O) groups excluding carboxylic acids is 1. The number of amides is 1. The number of aliphatic hydroxyl groups is 1. The number of nitrogens with zero attached hydrogens (tertiary/aromatic N) is 1. The van der Waals surface area contributed by atoms with Gasteiger partial charge < -0.3 is 14.8 Å². The lowest BCUT2D eigenvalue weighted by atomic mass is 9.95. The normalized spacial score (nSPS) is 18.1. The minimum Gasteiger partial charge on any atom is -0.440 e. The molecule has 1 saturated heterocycles. The van der Waals surface area contributed by atoms with Crippen LogP contribution in [0.1, 0.15) is 39.5 Å². The minimum absolute atomic E-state index is 0.169. The van der Waals surface area contributed by atoms with Crippen LogP contribution >= 0.6 is 11.8 Å². The van der Waals surface area contributed by atoms with E-state index in [1.165, 1.54) is 0 Å². The Balaban J connectivity index is 1.82. The molecule has 0 saturated carbocycles. The predicted molar refractivity (Wildman–Crippen MR) is 92.8 cm³/mol. The van der Waals surface area contributed by atoms with Crippen molar-refractivity contribution in [2.75, 3.05) is 16.8 Å². The molecule has 1 amide bonds. The molecular formula is C17H22N2O3S. The van der Waals surface area contributed by atoms with Gasteiger partial charge in [0.1, 0.15) is 11.1 Å². The van der Waals surface area contributed by atoms with Crippen LogP contribution in [0.4, 0.5) is 5.69 Å². The van der Waals surface area contributed by atoms with Crippen molar-refractivity contribution in [3.63, 3.8) is 0 Å². The molecule has 0 unspecified atom stereocenters. The van der Waals surface area contributed by atoms with E-state index >= 15 is 0 Å². The van der Waals surface area contributed by atoms with Crippen molar-refractivity contribution in [3.05, 3.63) is 24.1 Å². The van der Waals surface area contributed by atoms with Crippen molar-refractivity contribution in [1.82, 2.24) is 4.98 Å². The minimum atomic E-state index is -1.26. The van der Waals surface area contributed by atoms with Crippen molar-refractivity contribution in [2.24, 2.45) is 0 Å². The fraction of sp³-hybridized carbons (Fsp3) is 0.529. The van der Waals surface area contributed by atoms with Crippen molar-refractivity contribution >= 4 is 34.5 Å². The number of aromatic nitrogens is 1. The zero-order chi connectivity index (χ0) is 16.7. The number of anilines is 1. The summed E-state index contributed by atoms with van der Waals surface area (Å²) < 4.78 is 5.75. The molecule has 0 radical (unpaired) electrons. The summed E-state index contributed by atoms with van der Waals surface area (Å²) in [5.41, 5.74) is 0.598. The molecule has 0 atom stereocenters. The van der Waals surface area contributed by atoms with Gasteiger partial charge in [0, 0.05) is 11.1 Å². The van der Waals surface area contributed by atoms with Crippen LogP contribution in [0.5, 0.6) is 0 Å². The van der Waals surface area contributed by atoms with Crippen molar-refractivity contribution in [1.29, 1.82) is 0 Å². The smallest absolute Gasteiger partial charge is 0.256 e. The first kappa shape index (κ1) is 16.3. The zero-order valence-electron chi connectivity index (χ0n) is 13.7. The monoisotopic (exact) mass is 334 g/mol. The molecule has 3 rings (SSSR count). The van der Waals surface area contributed by atoms with Gasteiger partial charge in [0.05, 0.1) is 0 Å². The number of carbonyl (C=O) groups is 1. The van der Waals surface area contributed by atoms with E-state index in [4.69, 9.17) is 4.42 Å². The number of benzene rings is 1. The maximum atomic E-state index is 12.4. The van der Waals surface area contributed by atoms with Crippen molar-refractivity contribution in [3.8, 4) is 0 Å². The maximum absolute atomic E-state index is 12.4. The van der Waals surface area contributed by atoms with Gasteiger partial charge in [-0.3, -0.25) is 4.79 Å². The number of thioether (sulfide) groups is 1. The Kier molecular flexibility index (Phi) is 4.14. The lowest BCUT2D eigenvalue weighted by Crippen LogP contribution is -2.45. The molecule has 1 aromatic heterocycles. The summed E-state index contributed by atoms with van der Waals surface area (Å²) in [7, 11) is 0. The van der Waals surface area contributed by atoms with Crippen LogP contribution in [-0.2, 0) is 10.2 Å². The second-order valence-corrected chi connectivity index (χ2v) is 8.27. The number of hydrogen-bond acceptors (Lipinski definition) is 5. The lowest BCUT2D eigenvalue weighted by molar-refractivity contribution is -0.134. The second-order valence-electron chi connectivity index (χ2n) is 7.05. The average Bonchev–Trinajstić information content (AvgIpc) is 2.91. The van der Waals surface area contributed by atoms with E-state index in [1.54, 1.807) is 30.0 Å². The first-order chi connectivity index (χ1) is 10.8. The molecule has 2 heterocycles. The SMILES string of the molecule is CC(C)(C)c1nc2cc(NC(=O)C3(O)CCSCC3)ccc2o1. The van der Waals surface area contributed by atoms with Crippen molar-refractivity contribution < 1.29 is 14.3 Å². The molecule has 6 heteroatoms. The molecular weight excluding hydrogens is 312 g/mol. The molecule has 124 valence electrons. The Labute approximate surface area is 139 Å². The first-order valence-corrected chi connectivity index (χ1v) is 8.96. The summed E-state index contributed by atoms with van der Waals surface area (Å²) >= 11 is 1.77. The van der Waals surface area contributed by atoms with Crippen molar-refractivity contribution in [2.45, 2.75) is 44.6 Å². The molecule has 5 nitrogen and oxygen atoms in total. The van der Waals surface area contributed by atoms with E-state index in [1.807, 2.05) is 20.8 Å². The number of hydrogen-bond donors (Lipinski definition) is 2. The van der Waals surface area contributed by atoms with Gasteiger partial charge in [-0.25, -0.2) is 4.98 Å². The summed E-state index contributed by atoms with van der Waals surface area (Å²) in [6.45, 7) is 6.12. The third-order valence-electron chi connectivity index (χ3n) is 4.03. The highest BCUT2D eigenvalue weighted by Gasteiger charge is 2.37. The Morgan fingerprint density at radius 3 is 2.70 bits per heavy atom. The highest BCUT2D eigenvalue weighted by atomic mass is 32.2. The third-order valence-corrected chi connectivity index (χ3v) is 5.02. The van der Waals surface area contributed by atoms with E-state index in [0.29, 0.717) is 35.5 Å². The van der Waals surface area contributed by atoms with Crippen LogP contribution in [0.3, 0.4) is 0 Å². The third kappa shape index (κ3) is 3.38. The molecule has 2 N–H and O–H groups in total. The molecule has 2 aromatic rings. The second kappa shape index (κ2) is 5.83. The highest BCUT2D eigenvalue weighted by Crippen LogP contribution is 2.30. The number of oxazole rings is 1. The van der Waals surface area contributed by atoms with Gasteiger partial charge in [-0.15, -0.1) is 0 Å². The molecule has 0 bridgehead atoms. The Morgan fingerprint density at radius 2 is 2.04 bits per heavy atom. The van der Waals surface area contributed by atoms with Gasteiger partial charge in [0.15, 0.2) is 5.58 Å². The topological polar surface area (TPSA) is 75.4 Å². The fourth-order valence-corrected chi connectivity index (χ4v) is 3.68. The molecule has 23 heavy (non-hydrogen) atoms. The maximum Gasteiger partial charge on any atom is 0.256 e. The fourth-order valence-electron chi connectivity index (χ4n) is 2.51. The highest BCUT2D eigenvalue weighted by molar-refractivity contribution is 7.99. The van der Waals surface area contributed by atoms with Crippen LogP contribution in [0, 0.1) is 0 Å². The predicted octanol–water partition coefficient (Wildman–Crippen LogP) is 3.32. The van der Waals surface area contributed by atoms with E-state index in [0.717, 1.165) is 11.5 Å². The van der Waals surface area contributed by atoms with Gasteiger partial charge in [-0.2, -0.15) is 11.8 Å². The molecule has 1 fully saturated rings. The Morgan fingerprint density at radius 1 is 1.35 bits per heavy atom. The largest absolute Gasteiger partial charge is 0.440 e. The van der Waals surface area contributed by atoms with Crippen LogP contribution < -0.4 is 5.32 Å². The van der Waals surface area contributed by atoms with Gasteiger partial charge in [0.25, 0.3) is 5.91 Å². The van der Waals surface area contributed by atoms with Gasteiger partial charge in [-0.1, -0.05) is 20.8 Å². The average molecular weight is 334 g/mol. The molecule has 0 aliphatic carbocycles. The Bertz CT molecular complexity index is 727. The van der Waals surface area contributed by atoms with Crippen LogP contribution in [0.25, 0.3) is 11.1 Å². The van der Waals surface area contributed by atoms with Crippen LogP contribution in [0.2, 0.25) is 0 Å². The van der Waals surface area contributed by atoms with Gasteiger partial charge in [-0.05, 0) is 42.5 Å². The van der Waals surface area contributed by atoms with E-state index in [-0.39, 0.29) is 11.3 Å². The van der Waals surface area contributed by atoms with Gasteiger partial charge >= 0.3 is 0 Å². The summed E-state index contributed by atoms with van der Waals surface area (Å²) in [6.07, 6.45) is 0.980. The molecule has 0 spiro atoms. The summed E-state index contributed by atoms with van der Waals surface area (Å²) in [6, 6.07) is 5.36. The Hall–Kier alpha value is -1.53. The van der Waals surface area contributed by atoms with E-state index < -0.39 is 5.60 Å². The summed E-state index contributed by atoms with van der Waals surface area (Å²) in [5.74, 6) is 1.94. The number of rotatable bonds is 2. The van der Waals surface area contributed by atoms with E-state index in [2.05, 4.69) is 10.3 Å².